The van der Waals surface area contributed by atoms with E-state index in [2.05, 4.69) is 10.3 Å². The summed E-state index contributed by atoms with van der Waals surface area (Å²) in [6.07, 6.45) is 3.70. The van der Waals surface area contributed by atoms with Crippen molar-refractivity contribution in [1.82, 2.24) is 9.88 Å². The minimum Gasteiger partial charge on any atom is -0.302 e. The van der Waals surface area contributed by atoms with Gasteiger partial charge in [-0.2, -0.15) is 0 Å². The van der Waals surface area contributed by atoms with Gasteiger partial charge in [-0.1, -0.05) is 18.9 Å². The number of carbonyl (C=O) groups is 3. The first-order valence-electron chi connectivity index (χ1n) is 8.78. The van der Waals surface area contributed by atoms with Crippen LogP contribution in [0.4, 0.5) is 5.13 Å². The van der Waals surface area contributed by atoms with Crippen LogP contribution < -0.4 is 5.32 Å². The summed E-state index contributed by atoms with van der Waals surface area (Å²) in [6, 6.07) is 3.94. The number of fused-ring (bicyclic) bond motifs is 1. The Balaban J connectivity index is 1.33. The lowest BCUT2D eigenvalue weighted by Gasteiger charge is -2.19. The first kappa shape index (κ1) is 17.4. The molecule has 3 amide bonds. The molecule has 2 fully saturated rings. The highest BCUT2D eigenvalue weighted by Crippen LogP contribution is 2.38. The van der Waals surface area contributed by atoms with Crippen molar-refractivity contribution in [3.8, 4) is 10.6 Å². The molecule has 2 aromatic rings. The van der Waals surface area contributed by atoms with E-state index in [0.29, 0.717) is 5.13 Å². The molecule has 1 saturated carbocycles. The number of nitrogens with zero attached hydrogens (tertiary/aromatic N) is 2. The molecular formula is C18H19N3O3S2. The van der Waals surface area contributed by atoms with Crippen LogP contribution in [0.15, 0.2) is 22.9 Å². The van der Waals surface area contributed by atoms with Gasteiger partial charge >= 0.3 is 0 Å². The second-order valence-corrected chi connectivity index (χ2v) is 8.44. The number of amides is 3. The average molecular weight is 390 g/mol. The fourth-order valence-corrected chi connectivity index (χ4v) is 5.20. The summed E-state index contributed by atoms with van der Waals surface area (Å²) >= 11 is 2.96. The predicted octanol–water partition coefficient (Wildman–Crippen LogP) is 3.38. The molecule has 26 heavy (non-hydrogen) atoms. The largest absolute Gasteiger partial charge is 0.302 e. The van der Waals surface area contributed by atoms with Crippen molar-refractivity contribution in [2.45, 2.75) is 32.1 Å². The van der Waals surface area contributed by atoms with E-state index in [4.69, 9.17) is 0 Å². The summed E-state index contributed by atoms with van der Waals surface area (Å²) in [5.41, 5.74) is 0.842. The van der Waals surface area contributed by atoms with Crippen molar-refractivity contribution in [2.75, 3.05) is 11.9 Å². The van der Waals surface area contributed by atoms with Gasteiger partial charge in [0.2, 0.25) is 17.7 Å². The van der Waals surface area contributed by atoms with Crippen molar-refractivity contribution in [2.24, 2.45) is 11.8 Å². The van der Waals surface area contributed by atoms with E-state index in [1.165, 1.54) is 16.2 Å². The van der Waals surface area contributed by atoms with Gasteiger partial charge < -0.3 is 5.32 Å². The summed E-state index contributed by atoms with van der Waals surface area (Å²) in [6.45, 7) is 0.152. The maximum Gasteiger partial charge on any atom is 0.233 e. The number of carbonyl (C=O) groups excluding carboxylic acids is 3. The highest BCUT2D eigenvalue weighted by atomic mass is 32.1. The van der Waals surface area contributed by atoms with E-state index < -0.39 is 0 Å². The van der Waals surface area contributed by atoms with Crippen LogP contribution in [0.2, 0.25) is 0 Å². The Morgan fingerprint density at radius 2 is 1.92 bits per heavy atom. The van der Waals surface area contributed by atoms with Gasteiger partial charge in [0.25, 0.3) is 0 Å². The molecule has 4 rings (SSSR count). The van der Waals surface area contributed by atoms with Crippen molar-refractivity contribution >= 4 is 45.5 Å². The van der Waals surface area contributed by atoms with Crippen LogP contribution in [-0.4, -0.2) is 34.2 Å². The molecule has 1 saturated heterocycles. The average Bonchev–Trinajstić information content (AvgIpc) is 3.36. The monoisotopic (exact) mass is 389 g/mol. The number of imide groups is 1. The van der Waals surface area contributed by atoms with Crippen LogP contribution in [0.5, 0.6) is 0 Å². The molecule has 2 aromatic heterocycles. The number of likely N-dealkylation sites (tertiary alicyclic amines) is 1. The number of aromatic nitrogens is 1. The lowest BCUT2D eigenvalue weighted by Crippen LogP contribution is -2.34. The number of rotatable bonds is 5. The smallest absolute Gasteiger partial charge is 0.233 e. The Labute approximate surface area is 159 Å². The van der Waals surface area contributed by atoms with Gasteiger partial charge in [-0.15, -0.1) is 22.7 Å². The third-order valence-electron chi connectivity index (χ3n) is 5.02. The molecule has 0 radical (unpaired) electrons. The Hall–Kier alpha value is -2.06. The fourth-order valence-electron chi connectivity index (χ4n) is 3.72. The topological polar surface area (TPSA) is 79.4 Å². The zero-order valence-corrected chi connectivity index (χ0v) is 15.8. The number of thiophene rings is 1. The summed E-state index contributed by atoms with van der Waals surface area (Å²) in [5.74, 6) is -0.741. The Bertz CT molecular complexity index is 807. The molecule has 0 aromatic carbocycles. The molecule has 1 aliphatic carbocycles. The second-order valence-electron chi connectivity index (χ2n) is 6.64. The lowest BCUT2D eigenvalue weighted by atomic mass is 9.81. The third kappa shape index (κ3) is 3.31. The van der Waals surface area contributed by atoms with Crippen molar-refractivity contribution in [1.29, 1.82) is 0 Å². The van der Waals surface area contributed by atoms with Crippen molar-refractivity contribution in [3.05, 3.63) is 22.9 Å². The fraction of sp³-hybridized carbons (Fsp3) is 0.444. The standard InChI is InChI=1S/C18H19N3O3S2/c22-15(20-18-19-13(10-26-18)14-6-3-9-25-14)7-8-21-16(23)11-4-1-2-5-12(11)17(21)24/h3,6,9-12H,1-2,4-5,7-8H2,(H,19,20,22). The van der Waals surface area contributed by atoms with E-state index in [0.717, 1.165) is 36.3 Å². The molecule has 1 N–H and O–H groups in total. The highest BCUT2D eigenvalue weighted by molar-refractivity contribution is 7.16. The summed E-state index contributed by atoms with van der Waals surface area (Å²) in [4.78, 5) is 43.8. The normalized spacial score (nSPS) is 22.5. The second kappa shape index (κ2) is 7.28. The minimum atomic E-state index is -0.229. The summed E-state index contributed by atoms with van der Waals surface area (Å²) in [5, 5.41) is 7.18. The first-order valence-corrected chi connectivity index (χ1v) is 10.5. The SMILES string of the molecule is O=C(CCN1C(=O)C2CCCCC2C1=O)Nc1nc(-c2cccs2)cs1. The van der Waals surface area contributed by atoms with Gasteiger partial charge in [0, 0.05) is 18.3 Å². The van der Waals surface area contributed by atoms with Gasteiger partial charge in [-0.25, -0.2) is 4.98 Å². The van der Waals surface area contributed by atoms with E-state index in [1.807, 2.05) is 22.9 Å². The quantitative estimate of drug-likeness (QED) is 0.795. The highest BCUT2D eigenvalue weighted by Gasteiger charge is 2.47. The molecule has 8 heteroatoms. The van der Waals surface area contributed by atoms with E-state index >= 15 is 0 Å². The van der Waals surface area contributed by atoms with Gasteiger partial charge in [-0.05, 0) is 24.3 Å². The van der Waals surface area contributed by atoms with E-state index in [1.54, 1.807) is 11.3 Å². The maximum absolute atomic E-state index is 12.4. The minimum absolute atomic E-state index is 0.0956. The molecule has 136 valence electrons. The molecular weight excluding hydrogens is 370 g/mol. The number of thiazole rings is 1. The number of hydrogen-bond acceptors (Lipinski definition) is 6. The van der Waals surface area contributed by atoms with Crippen LogP contribution in [-0.2, 0) is 14.4 Å². The maximum atomic E-state index is 12.4. The molecule has 3 heterocycles. The molecule has 2 aliphatic rings. The zero-order valence-electron chi connectivity index (χ0n) is 14.1. The van der Waals surface area contributed by atoms with Crippen LogP contribution in [0.1, 0.15) is 32.1 Å². The van der Waals surface area contributed by atoms with Crippen LogP contribution in [0.25, 0.3) is 10.6 Å². The van der Waals surface area contributed by atoms with E-state index in [-0.39, 0.29) is 42.5 Å². The Kier molecular flexibility index (Phi) is 4.86. The van der Waals surface area contributed by atoms with Gasteiger partial charge in [0.05, 0.1) is 22.4 Å². The molecule has 0 spiro atoms. The van der Waals surface area contributed by atoms with Crippen LogP contribution in [0, 0.1) is 11.8 Å². The van der Waals surface area contributed by atoms with Gasteiger partial charge in [0.1, 0.15) is 0 Å². The summed E-state index contributed by atoms with van der Waals surface area (Å²) < 4.78 is 0. The van der Waals surface area contributed by atoms with Crippen molar-refractivity contribution < 1.29 is 14.4 Å². The molecule has 0 bridgehead atoms. The Morgan fingerprint density at radius 1 is 1.19 bits per heavy atom. The lowest BCUT2D eigenvalue weighted by molar-refractivity contribution is -0.140. The van der Waals surface area contributed by atoms with Gasteiger partial charge in [0.15, 0.2) is 5.13 Å². The molecule has 1 aliphatic heterocycles. The molecule has 6 nitrogen and oxygen atoms in total. The number of hydrogen-bond donors (Lipinski definition) is 1. The molecule has 2 unspecified atom stereocenters. The zero-order chi connectivity index (χ0) is 18.1. The third-order valence-corrected chi connectivity index (χ3v) is 6.67. The predicted molar refractivity (Wildman–Crippen MR) is 101 cm³/mol. The van der Waals surface area contributed by atoms with E-state index in [9.17, 15) is 14.4 Å². The number of nitrogens with one attached hydrogen (secondary N) is 1. The summed E-state index contributed by atoms with van der Waals surface area (Å²) in [7, 11) is 0. The first-order chi connectivity index (χ1) is 12.6. The van der Waals surface area contributed by atoms with Gasteiger partial charge in [-0.3, -0.25) is 19.3 Å². The number of anilines is 1. The molecule has 2 atom stereocenters. The van der Waals surface area contributed by atoms with Crippen LogP contribution >= 0.6 is 22.7 Å². The van der Waals surface area contributed by atoms with Crippen molar-refractivity contribution in [3.63, 3.8) is 0 Å². The van der Waals surface area contributed by atoms with Crippen LogP contribution in [0.3, 0.4) is 0 Å². The Morgan fingerprint density at radius 3 is 2.58 bits per heavy atom.